The molecular weight excluding hydrogens is 186 g/mol. The van der Waals surface area contributed by atoms with Gasteiger partial charge >= 0.3 is 0 Å². The molecule has 1 atom stereocenters. The first-order valence-corrected chi connectivity index (χ1v) is 6.32. The van der Waals surface area contributed by atoms with Gasteiger partial charge in [-0.2, -0.15) is 0 Å². The van der Waals surface area contributed by atoms with Crippen molar-refractivity contribution in [3.63, 3.8) is 0 Å². The molecular formula is C13H27NO. The molecule has 15 heavy (non-hydrogen) atoms. The minimum absolute atomic E-state index is 0.0464. The topological polar surface area (TPSA) is 21.3 Å². The Morgan fingerprint density at radius 3 is 2.53 bits per heavy atom. The van der Waals surface area contributed by atoms with Crippen LogP contribution in [0.15, 0.2) is 0 Å². The molecule has 1 rings (SSSR count). The van der Waals surface area contributed by atoms with Gasteiger partial charge in [-0.05, 0) is 52.0 Å². The van der Waals surface area contributed by atoms with Gasteiger partial charge < -0.3 is 10.1 Å². The zero-order valence-corrected chi connectivity index (χ0v) is 10.8. The van der Waals surface area contributed by atoms with E-state index in [1.165, 1.54) is 32.2 Å². The van der Waals surface area contributed by atoms with Crippen molar-refractivity contribution in [1.29, 1.82) is 0 Å². The Morgan fingerprint density at radius 2 is 2.07 bits per heavy atom. The van der Waals surface area contributed by atoms with E-state index >= 15 is 0 Å². The highest BCUT2D eigenvalue weighted by molar-refractivity contribution is 4.77. The molecule has 0 heterocycles. The average molecular weight is 213 g/mol. The fourth-order valence-corrected chi connectivity index (χ4v) is 1.78. The van der Waals surface area contributed by atoms with Crippen molar-refractivity contribution >= 4 is 0 Å². The van der Waals surface area contributed by atoms with E-state index in [9.17, 15) is 0 Å². The minimum Gasteiger partial charge on any atom is -0.379 e. The van der Waals surface area contributed by atoms with E-state index in [2.05, 4.69) is 26.1 Å². The maximum absolute atomic E-state index is 5.43. The number of nitrogens with one attached hydrogen (secondary N) is 1. The van der Waals surface area contributed by atoms with Gasteiger partial charge in [-0.3, -0.25) is 0 Å². The smallest absolute Gasteiger partial charge is 0.0622 e. The Hall–Kier alpha value is -0.0800. The van der Waals surface area contributed by atoms with Crippen molar-refractivity contribution in [3.8, 4) is 0 Å². The van der Waals surface area contributed by atoms with Crippen LogP contribution in [-0.2, 0) is 4.74 Å². The Bertz CT molecular complexity index is 175. The summed E-state index contributed by atoms with van der Waals surface area (Å²) >= 11 is 0. The van der Waals surface area contributed by atoms with Crippen LogP contribution in [0.4, 0.5) is 0 Å². The number of ether oxygens (including phenoxy) is 1. The molecule has 0 saturated heterocycles. The zero-order valence-electron chi connectivity index (χ0n) is 10.8. The van der Waals surface area contributed by atoms with E-state index in [-0.39, 0.29) is 5.60 Å². The first kappa shape index (κ1) is 13.0. The maximum atomic E-state index is 5.43. The summed E-state index contributed by atoms with van der Waals surface area (Å²) in [7, 11) is 1.80. The first-order chi connectivity index (χ1) is 7.03. The van der Waals surface area contributed by atoms with Crippen molar-refractivity contribution in [2.75, 3.05) is 13.7 Å². The average Bonchev–Trinajstić information content (AvgIpc) is 2.13. The van der Waals surface area contributed by atoms with Crippen molar-refractivity contribution in [2.45, 2.75) is 64.5 Å². The molecule has 0 aromatic rings. The lowest BCUT2D eigenvalue weighted by Crippen LogP contribution is -2.38. The quantitative estimate of drug-likeness (QED) is 0.702. The molecule has 0 aliphatic heterocycles. The summed E-state index contributed by atoms with van der Waals surface area (Å²) in [5.74, 6) is 0.764. The Balaban J connectivity index is 2.04. The Kier molecular flexibility index (Phi) is 5.07. The van der Waals surface area contributed by atoms with Gasteiger partial charge in [0.05, 0.1) is 5.60 Å². The van der Waals surface area contributed by atoms with E-state index in [1.807, 2.05) is 0 Å². The van der Waals surface area contributed by atoms with Gasteiger partial charge in [-0.1, -0.05) is 13.3 Å². The van der Waals surface area contributed by atoms with Gasteiger partial charge in [0.15, 0.2) is 0 Å². The molecule has 0 bridgehead atoms. The lowest BCUT2D eigenvalue weighted by Gasteiger charge is -2.29. The molecule has 0 amide bonds. The van der Waals surface area contributed by atoms with Crippen LogP contribution in [0.1, 0.15) is 52.9 Å². The van der Waals surface area contributed by atoms with Crippen LogP contribution in [-0.4, -0.2) is 25.3 Å². The second kappa shape index (κ2) is 5.86. The monoisotopic (exact) mass is 213 g/mol. The predicted octanol–water partition coefficient (Wildman–Crippen LogP) is 2.97. The largest absolute Gasteiger partial charge is 0.379 e. The second-order valence-corrected chi connectivity index (χ2v) is 5.64. The molecule has 1 aliphatic carbocycles. The van der Waals surface area contributed by atoms with Crippen LogP contribution in [0.5, 0.6) is 0 Å². The van der Waals surface area contributed by atoms with Crippen LogP contribution in [0.2, 0.25) is 0 Å². The molecule has 1 fully saturated rings. The van der Waals surface area contributed by atoms with Crippen LogP contribution in [0, 0.1) is 5.92 Å². The third-order valence-corrected chi connectivity index (χ3v) is 3.65. The third-order valence-electron chi connectivity index (χ3n) is 3.65. The maximum Gasteiger partial charge on any atom is 0.0622 e. The molecule has 1 unspecified atom stereocenters. The minimum atomic E-state index is 0.0464. The van der Waals surface area contributed by atoms with Gasteiger partial charge in [0.2, 0.25) is 0 Å². The summed E-state index contributed by atoms with van der Waals surface area (Å²) in [5.41, 5.74) is 0.0464. The van der Waals surface area contributed by atoms with E-state index in [0.29, 0.717) is 0 Å². The van der Waals surface area contributed by atoms with Gasteiger partial charge in [0, 0.05) is 13.2 Å². The summed E-state index contributed by atoms with van der Waals surface area (Å²) in [6, 6.07) is 0.822. The van der Waals surface area contributed by atoms with Crippen LogP contribution in [0.25, 0.3) is 0 Å². The molecule has 1 aliphatic rings. The highest BCUT2D eigenvalue weighted by Crippen LogP contribution is 2.21. The summed E-state index contributed by atoms with van der Waals surface area (Å²) in [6.45, 7) is 7.83. The first-order valence-electron chi connectivity index (χ1n) is 6.32. The van der Waals surface area contributed by atoms with Crippen molar-refractivity contribution in [1.82, 2.24) is 5.32 Å². The van der Waals surface area contributed by atoms with Gasteiger partial charge in [0.1, 0.15) is 0 Å². The third kappa shape index (κ3) is 4.98. The van der Waals surface area contributed by atoms with Gasteiger partial charge in [-0.25, -0.2) is 0 Å². The molecule has 0 radical (unpaired) electrons. The summed E-state index contributed by atoms with van der Waals surface area (Å²) < 4.78 is 5.43. The highest BCUT2D eigenvalue weighted by Gasteiger charge is 2.19. The van der Waals surface area contributed by atoms with Crippen molar-refractivity contribution < 1.29 is 4.74 Å². The lowest BCUT2D eigenvalue weighted by molar-refractivity contribution is 0.0107. The summed E-state index contributed by atoms with van der Waals surface area (Å²) in [4.78, 5) is 0. The molecule has 1 N–H and O–H groups in total. The summed E-state index contributed by atoms with van der Waals surface area (Å²) in [6.07, 6.45) is 6.59. The molecule has 0 aromatic carbocycles. The lowest BCUT2D eigenvalue weighted by atomic mass is 9.91. The highest BCUT2D eigenvalue weighted by atomic mass is 16.5. The van der Waals surface area contributed by atoms with Gasteiger partial charge in [-0.15, -0.1) is 0 Å². The van der Waals surface area contributed by atoms with E-state index in [4.69, 9.17) is 4.74 Å². The molecule has 0 aromatic heterocycles. The van der Waals surface area contributed by atoms with E-state index < -0.39 is 0 Å². The molecule has 0 spiro atoms. The molecule has 1 saturated carbocycles. The number of methoxy groups -OCH3 is 1. The standard InChI is InChI=1S/C13H27NO/c1-11(8-9-13(2,3)15-4)10-14-12-6-5-7-12/h11-12,14H,5-10H2,1-4H3. The van der Waals surface area contributed by atoms with E-state index in [0.717, 1.165) is 18.4 Å². The second-order valence-electron chi connectivity index (χ2n) is 5.64. The Morgan fingerprint density at radius 1 is 1.40 bits per heavy atom. The number of hydrogen-bond acceptors (Lipinski definition) is 2. The zero-order chi connectivity index (χ0) is 11.3. The number of hydrogen-bond donors (Lipinski definition) is 1. The fourth-order valence-electron chi connectivity index (χ4n) is 1.78. The molecule has 2 nitrogen and oxygen atoms in total. The van der Waals surface area contributed by atoms with Crippen molar-refractivity contribution in [3.05, 3.63) is 0 Å². The van der Waals surface area contributed by atoms with Crippen LogP contribution < -0.4 is 5.32 Å². The predicted molar refractivity (Wildman–Crippen MR) is 65.1 cm³/mol. The van der Waals surface area contributed by atoms with Crippen molar-refractivity contribution in [2.24, 2.45) is 5.92 Å². The normalized spacial score (nSPS) is 20.0. The SMILES string of the molecule is COC(C)(C)CCC(C)CNC1CCC1. The Labute approximate surface area is 94.8 Å². The van der Waals surface area contributed by atoms with E-state index in [1.54, 1.807) is 7.11 Å². The number of rotatable bonds is 7. The summed E-state index contributed by atoms with van der Waals surface area (Å²) in [5, 5.41) is 3.63. The van der Waals surface area contributed by atoms with Gasteiger partial charge in [0.25, 0.3) is 0 Å². The molecule has 2 heteroatoms. The van der Waals surface area contributed by atoms with Crippen LogP contribution >= 0.6 is 0 Å². The fraction of sp³-hybridized carbons (Fsp3) is 1.00. The molecule has 90 valence electrons. The van der Waals surface area contributed by atoms with Crippen LogP contribution in [0.3, 0.4) is 0 Å².